The molecule has 0 amide bonds. The molecule has 0 atom stereocenters. The molecule has 25 heavy (non-hydrogen) atoms. The summed E-state index contributed by atoms with van der Waals surface area (Å²) in [5, 5.41) is 3.92. The average Bonchev–Trinajstić information content (AvgIpc) is 2.68. The number of aromatic nitrogens is 1. The molecule has 2 aromatic rings. The Labute approximate surface area is 160 Å². The summed E-state index contributed by atoms with van der Waals surface area (Å²) >= 11 is 6.09. The summed E-state index contributed by atoms with van der Waals surface area (Å²) in [6.07, 6.45) is 1.05. The Morgan fingerprint density at radius 2 is 1.96 bits per heavy atom. The van der Waals surface area contributed by atoms with E-state index in [0.29, 0.717) is 5.15 Å². The van der Waals surface area contributed by atoms with E-state index in [-0.39, 0.29) is 12.4 Å². The van der Waals surface area contributed by atoms with Gasteiger partial charge in [-0.15, -0.1) is 0 Å². The van der Waals surface area contributed by atoms with Crippen molar-refractivity contribution in [1.82, 2.24) is 4.98 Å². The normalized spacial score (nSPS) is 14.4. The first-order valence-electron chi connectivity index (χ1n) is 8.16. The van der Waals surface area contributed by atoms with E-state index in [1.165, 1.54) is 4.90 Å². The van der Waals surface area contributed by atoms with E-state index in [4.69, 9.17) is 16.6 Å². The van der Waals surface area contributed by atoms with E-state index >= 15 is 0 Å². The van der Waals surface area contributed by atoms with Crippen LogP contribution in [0.3, 0.4) is 0 Å². The van der Waals surface area contributed by atoms with Crippen LogP contribution in [-0.2, 0) is 0 Å². The number of quaternary nitrogens is 1. The van der Waals surface area contributed by atoms with Crippen molar-refractivity contribution in [3.63, 3.8) is 0 Å². The highest BCUT2D eigenvalue weighted by atomic mass is 35.5. The smallest absolute Gasteiger partial charge is 0.158 e. The number of rotatable bonds is 4. The number of amidine groups is 1. The minimum atomic E-state index is 0. The lowest BCUT2D eigenvalue weighted by Gasteiger charge is -2.19. The molecular weight excluding hydrogens is 357 g/mol. The molecule has 1 aliphatic rings. The fraction of sp³-hybridized carbons (Fsp3) is 0.333. The van der Waals surface area contributed by atoms with Crippen molar-refractivity contribution < 1.29 is 17.3 Å². The largest absolute Gasteiger partial charge is 1.00 e. The van der Waals surface area contributed by atoms with Crippen LogP contribution in [0.5, 0.6) is 0 Å². The van der Waals surface area contributed by atoms with Gasteiger partial charge in [-0.25, -0.2) is 4.98 Å². The van der Waals surface area contributed by atoms with Gasteiger partial charge in [0.1, 0.15) is 11.0 Å². The zero-order valence-electron chi connectivity index (χ0n) is 14.7. The SMILES string of the molecule is CN1c2ccccc2C(=NCCC[NH+](C)C)Nc2ccc(Cl)nc21.[Cl-]. The Bertz CT molecular complexity index is 761. The summed E-state index contributed by atoms with van der Waals surface area (Å²) in [5.41, 5.74) is 3.05. The molecule has 1 aromatic heterocycles. The van der Waals surface area contributed by atoms with Gasteiger partial charge in [-0.05, 0) is 24.3 Å². The molecule has 134 valence electrons. The molecule has 0 bridgehead atoms. The molecule has 7 heteroatoms. The third kappa shape index (κ3) is 4.42. The summed E-state index contributed by atoms with van der Waals surface area (Å²) in [6.45, 7) is 1.90. The third-order valence-electron chi connectivity index (χ3n) is 4.04. The van der Waals surface area contributed by atoms with Crippen LogP contribution in [-0.4, -0.2) is 45.1 Å². The van der Waals surface area contributed by atoms with Crippen molar-refractivity contribution >= 4 is 34.6 Å². The molecule has 1 aromatic carbocycles. The highest BCUT2D eigenvalue weighted by Gasteiger charge is 2.22. The predicted molar refractivity (Wildman–Crippen MR) is 101 cm³/mol. The van der Waals surface area contributed by atoms with Crippen LogP contribution in [0.15, 0.2) is 41.4 Å². The molecule has 5 nitrogen and oxygen atoms in total. The van der Waals surface area contributed by atoms with E-state index in [0.717, 1.165) is 48.1 Å². The second-order valence-electron chi connectivity index (χ2n) is 6.25. The van der Waals surface area contributed by atoms with Crippen molar-refractivity contribution in [3.8, 4) is 0 Å². The summed E-state index contributed by atoms with van der Waals surface area (Å²) in [6, 6.07) is 12.0. The molecule has 1 aliphatic heterocycles. The van der Waals surface area contributed by atoms with E-state index in [9.17, 15) is 0 Å². The summed E-state index contributed by atoms with van der Waals surface area (Å²) < 4.78 is 0. The Kier molecular flexibility index (Phi) is 6.64. The number of hydrogen-bond donors (Lipinski definition) is 2. The van der Waals surface area contributed by atoms with Crippen molar-refractivity contribution in [3.05, 3.63) is 47.1 Å². The average molecular weight is 380 g/mol. The van der Waals surface area contributed by atoms with Crippen LogP contribution in [0.25, 0.3) is 0 Å². The molecule has 2 heterocycles. The van der Waals surface area contributed by atoms with Crippen LogP contribution in [0.4, 0.5) is 17.2 Å². The second kappa shape index (κ2) is 8.52. The summed E-state index contributed by atoms with van der Waals surface area (Å²) in [5.74, 6) is 1.69. The van der Waals surface area contributed by atoms with Crippen molar-refractivity contribution in [2.45, 2.75) is 6.42 Å². The molecule has 0 fully saturated rings. The van der Waals surface area contributed by atoms with Gasteiger partial charge >= 0.3 is 0 Å². The van der Waals surface area contributed by atoms with Crippen molar-refractivity contribution in [1.29, 1.82) is 0 Å². The van der Waals surface area contributed by atoms with E-state index < -0.39 is 0 Å². The maximum absolute atomic E-state index is 6.09. The summed E-state index contributed by atoms with van der Waals surface area (Å²) in [4.78, 5) is 12.8. The van der Waals surface area contributed by atoms with Gasteiger partial charge in [-0.3, -0.25) is 4.99 Å². The van der Waals surface area contributed by atoms with Crippen LogP contribution in [0.2, 0.25) is 5.15 Å². The predicted octanol–water partition coefficient (Wildman–Crippen LogP) is -0.786. The van der Waals surface area contributed by atoms with Crippen LogP contribution >= 0.6 is 11.6 Å². The fourth-order valence-electron chi connectivity index (χ4n) is 2.80. The maximum Gasteiger partial charge on any atom is 0.158 e. The molecule has 0 unspecified atom stereocenters. The number of hydrogen-bond acceptors (Lipinski definition) is 3. The van der Waals surface area contributed by atoms with Gasteiger partial charge < -0.3 is 27.5 Å². The maximum atomic E-state index is 6.09. The molecule has 2 N–H and O–H groups in total. The third-order valence-corrected chi connectivity index (χ3v) is 4.25. The van der Waals surface area contributed by atoms with Crippen molar-refractivity contribution in [2.24, 2.45) is 4.99 Å². The molecule has 0 spiro atoms. The lowest BCUT2D eigenvalue weighted by molar-refractivity contribution is -0.858. The molecule has 3 rings (SSSR count). The highest BCUT2D eigenvalue weighted by Crippen LogP contribution is 2.36. The summed E-state index contributed by atoms with van der Waals surface area (Å²) in [7, 11) is 6.32. The van der Waals surface area contributed by atoms with Crippen LogP contribution in [0, 0.1) is 0 Å². The van der Waals surface area contributed by atoms with E-state index in [2.05, 4.69) is 41.4 Å². The Morgan fingerprint density at radius 1 is 1.20 bits per heavy atom. The first kappa shape index (κ1) is 19.5. The standard InChI is InChI=1S/C18H22ClN5.ClH/c1-23(2)12-6-11-20-17-13-7-4-5-8-15(13)24(3)18-14(21-17)9-10-16(19)22-18;/h4-5,7-10H,6,11-12H2,1-3H3,(H,20,21);1H. The quantitative estimate of drug-likeness (QED) is 0.540. The molecular formula is C18H23Cl2N5. The van der Waals surface area contributed by atoms with Gasteiger partial charge in [-0.2, -0.15) is 0 Å². The van der Waals surface area contributed by atoms with E-state index in [1.54, 1.807) is 6.07 Å². The first-order chi connectivity index (χ1) is 11.6. The van der Waals surface area contributed by atoms with Crippen molar-refractivity contribution in [2.75, 3.05) is 44.4 Å². The van der Waals surface area contributed by atoms with Gasteiger partial charge in [-0.1, -0.05) is 23.7 Å². The van der Waals surface area contributed by atoms with Crippen LogP contribution < -0.4 is 27.5 Å². The number of nitrogens with zero attached hydrogens (tertiary/aromatic N) is 3. The number of pyridine rings is 1. The number of benzene rings is 1. The number of aliphatic imine (C=N–C) groups is 1. The topological polar surface area (TPSA) is 45.0 Å². The number of anilines is 3. The number of nitrogens with one attached hydrogen (secondary N) is 2. The molecule has 0 saturated heterocycles. The highest BCUT2D eigenvalue weighted by molar-refractivity contribution is 6.29. The Morgan fingerprint density at radius 3 is 2.72 bits per heavy atom. The lowest BCUT2D eigenvalue weighted by Crippen LogP contribution is -3.05. The van der Waals surface area contributed by atoms with Gasteiger partial charge in [0.25, 0.3) is 0 Å². The number of fused-ring (bicyclic) bond motifs is 2. The van der Waals surface area contributed by atoms with Crippen LogP contribution in [0.1, 0.15) is 12.0 Å². The van der Waals surface area contributed by atoms with Gasteiger partial charge in [0, 0.05) is 25.6 Å². The minimum absolute atomic E-state index is 0. The number of halogens is 2. The van der Waals surface area contributed by atoms with Gasteiger partial charge in [0.15, 0.2) is 5.82 Å². The Hall–Kier alpha value is -1.82. The zero-order valence-corrected chi connectivity index (χ0v) is 16.2. The monoisotopic (exact) mass is 379 g/mol. The zero-order chi connectivity index (χ0) is 17.1. The van der Waals surface area contributed by atoms with Gasteiger partial charge in [0.05, 0.1) is 32.0 Å². The molecule has 0 aliphatic carbocycles. The molecule has 0 radical (unpaired) electrons. The lowest BCUT2D eigenvalue weighted by atomic mass is 10.1. The molecule has 0 saturated carbocycles. The van der Waals surface area contributed by atoms with Gasteiger partial charge in [0.2, 0.25) is 0 Å². The second-order valence-corrected chi connectivity index (χ2v) is 6.63. The first-order valence-corrected chi connectivity index (χ1v) is 8.54. The minimum Gasteiger partial charge on any atom is -1.00 e. The van der Waals surface area contributed by atoms with E-state index in [1.807, 2.05) is 25.2 Å². The number of para-hydroxylation sites is 1. The Balaban J connectivity index is 0.00000225. The fourth-order valence-corrected chi connectivity index (χ4v) is 2.95.